The van der Waals surface area contributed by atoms with Crippen molar-refractivity contribution in [3.8, 4) is 0 Å². The first-order valence-corrected chi connectivity index (χ1v) is 11.5. The number of nitrogens with zero attached hydrogens (tertiary/aromatic N) is 2. The predicted octanol–water partition coefficient (Wildman–Crippen LogP) is 3.27. The molecular formula is C22H25N2O5S. The van der Waals surface area contributed by atoms with Crippen molar-refractivity contribution in [2.45, 2.75) is 37.0 Å². The van der Waals surface area contributed by atoms with Gasteiger partial charge in [0.2, 0.25) is 18.0 Å². The fourth-order valence-electron chi connectivity index (χ4n) is 3.06. The molecule has 0 aliphatic heterocycles. The minimum absolute atomic E-state index is 0.0617. The highest BCUT2D eigenvalue weighted by Gasteiger charge is 2.36. The lowest BCUT2D eigenvalue weighted by Crippen LogP contribution is -2.44. The van der Waals surface area contributed by atoms with Crippen LogP contribution in [0.15, 0.2) is 59.0 Å². The standard InChI is InChI=1S/C22H25N2O5S/c1-3-4-14-24(22(26)20-23-18-12-8-9-13-19(18)29-20)21(25)16(2)30(27,28)15-17-10-6-5-7-11-17/h5-13,16,22,26H,2-4,14-15H2,1H3/t16-,22?/m1/s1. The minimum atomic E-state index is -3.89. The van der Waals surface area contributed by atoms with Crippen LogP contribution in [0.4, 0.5) is 0 Å². The minimum Gasteiger partial charge on any atom is -0.436 e. The van der Waals surface area contributed by atoms with Crippen molar-refractivity contribution in [1.29, 1.82) is 0 Å². The number of aliphatic hydroxyl groups excluding tert-OH is 1. The van der Waals surface area contributed by atoms with Crippen molar-refractivity contribution in [3.05, 3.63) is 73.0 Å². The third kappa shape index (κ3) is 4.88. The van der Waals surface area contributed by atoms with Gasteiger partial charge in [0.15, 0.2) is 15.4 Å². The van der Waals surface area contributed by atoms with Gasteiger partial charge in [0.25, 0.3) is 0 Å². The summed E-state index contributed by atoms with van der Waals surface area (Å²) in [6.45, 7) is 5.70. The second kappa shape index (κ2) is 9.40. The van der Waals surface area contributed by atoms with E-state index in [9.17, 15) is 18.3 Å². The summed E-state index contributed by atoms with van der Waals surface area (Å²) in [7, 11) is -3.89. The van der Waals surface area contributed by atoms with Crippen molar-refractivity contribution < 1.29 is 22.7 Å². The molecule has 2 atom stereocenters. The smallest absolute Gasteiger partial charge is 0.246 e. The van der Waals surface area contributed by atoms with Gasteiger partial charge < -0.3 is 14.4 Å². The molecule has 0 saturated carbocycles. The second-order valence-corrected chi connectivity index (χ2v) is 9.24. The molecule has 0 fully saturated rings. The van der Waals surface area contributed by atoms with Crippen LogP contribution in [-0.2, 0) is 20.4 Å². The molecule has 1 heterocycles. The second-order valence-electron chi connectivity index (χ2n) is 7.06. The van der Waals surface area contributed by atoms with Crippen LogP contribution < -0.4 is 0 Å². The summed E-state index contributed by atoms with van der Waals surface area (Å²) in [6.07, 6.45) is -0.176. The Morgan fingerprint density at radius 3 is 2.50 bits per heavy atom. The normalized spacial score (nSPS) is 13.8. The molecule has 8 heteroatoms. The van der Waals surface area contributed by atoms with Crippen molar-refractivity contribution in [3.63, 3.8) is 0 Å². The number of para-hydroxylation sites is 2. The lowest BCUT2D eigenvalue weighted by molar-refractivity contribution is -0.142. The lowest BCUT2D eigenvalue weighted by Gasteiger charge is -2.28. The first kappa shape index (κ1) is 22.0. The van der Waals surface area contributed by atoms with Crippen LogP contribution in [-0.4, -0.2) is 41.1 Å². The van der Waals surface area contributed by atoms with E-state index in [1.807, 2.05) is 6.92 Å². The first-order chi connectivity index (χ1) is 14.3. The van der Waals surface area contributed by atoms with Crippen LogP contribution in [0.1, 0.15) is 37.4 Å². The molecule has 0 aliphatic carbocycles. The number of rotatable bonds is 9. The summed E-state index contributed by atoms with van der Waals surface area (Å²) >= 11 is 0. The lowest BCUT2D eigenvalue weighted by atomic mass is 10.2. The van der Waals surface area contributed by atoms with E-state index < -0.39 is 27.2 Å². The molecule has 3 rings (SSSR count). The average Bonchev–Trinajstić information content (AvgIpc) is 3.18. The Labute approximate surface area is 176 Å². The van der Waals surface area contributed by atoms with Crippen LogP contribution >= 0.6 is 0 Å². The zero-order chi connectivity index (χ0) is 21.7. The Hall–Kier alpha value is -2.71. The number of oxazole rings is 1. The Morgan fingerprint density at radius 1 is 1.17 bits per heavy atom. The summed E-state index contributed by atoms with van der Waals surface area (Å²) in [5.41, 5.74) is 1.58. The molecule has 30 heavy (non-hydrogen) atoms. The number of sulfone groups is 1. The number of aliphatic hydroxyl groups is 1. The fourth-order valence-corrected chi connectivity index (χ4v) is 4.36. The number of carbonyl (C=O) groups is 1. The van der Waals surface area contributed by atoms with Gasteiger partial charge in [0, 0.05) is 6.54 Å². The van der Waals surface area contributed by atoms with Gasteiger partial charge in [-0.3, -0.25) is 4.79 Å². The molecule has 7 nitrogen and oxygen atoms in total. The zero-order valence-electron chi connectivity index (χ0n) is 16.8. The molecule has 0 bridgehead atoms. The van der Waals surface area contributed by atoms with Gasteiger partial charge in [-0.2, -0.15) is 0 Å². The van der Waals surface area contributed by atoms with Crippen molar-refractivity contribution in [2.75, 3.05) is 6.54 Å². The molecule has 2 aromatic carbocycles. The predicted molar refractivity (Wildman–Crippen MR) is 114 cm³/mol. The summed E-state index contributed by atoms with van der Waals surface area (Å²) < 4.78 is 31.2. The number of benzene rings is 2. The fraction of sp³-hybridized carbons (Fsp3) is 0.318. The summed E-state index contributed by atoms with van der Waals surface area (Å²) in [6, 6.07) is 15.6. The Bertz CT molecular complexity index is 1060. The molecule has 1 amide bonds. The van der Waals surface area contributed by atoms with E-state index in [2.05, 4.69) is 11.9 Å². The van der Waals surface area contributed by atoms with Gasteiger partial charge in [0.1, 0.15) is 10.8 Å². The van der Waals surface area contributed by atoms with Gasteiger partial charge in [-0.25, -0.2) is 13.4 Å². The third-order valence-corrected chi connectivity index (χ3v) is 6.59. The van der Waals surface area contributed by atoms with Gasteiger partial charge >= 0.3 is 0 Å². The van der Waals surface area contributed by atoms with Crippen molar-refractivity contribution >= 4 is 26.8 Å². The van der Waals surface area contributed by atoms with Gasteiger partial charge in [-0.15, -0.1) is 0 Å². The zero-order valence-corrected chi connectivity index (χ0v) is 17.6. The van der Waals surface area contributed by atoms with Crippen LogP contribution in [0.5, 0.6) is 0 Å². The van der Waals surface area contributed by atoms with Crippen LogP contribution in [0.3, 0.4) is 0 Å². The maximum absolute atomic E-state index is 13.1. The quantitative estimate of drug-likeness (QED) is 0.524. The molecule has 1 aromatic heterocycles. The maximum Gasteiger partial charge on any atom is 0.246 e. The SMILES string of the molecule is [CH2][C@H](C(=O)N(CCCC)C(O)c1nc2ccccc2o1)S(=O)(=O)Cc1ccccc1. The van der Waals surface area contributed by atoms with Crippen LogP contribution in [0.25, 0.3) is 11.1 Å². The molecule has 1 unspecified atom stereocenters. The van der Waals surface area contributed by atoms with Gasteiger partial charge in [-0.05, 0) is 31.0 Å². The number of carbonyl (C=O) groups excluding carboxylic acids is 1. The summed E-state index contributed by atoms with van der Waals surface area (Å²) in [5, 5.41) is 9.25. The van der Waals surface area contributed by atoms with E-state index in [0.717, 1.165) is 11.3 Å². The number of aromatic nitrogens is 1. The number of hydrogen-bond acceptors (Lipinski definition) is 6. The van der Waals surface area contributed by atoms with E-state index in [-0.39, 0.29) is 18.2 Å². The van der Waals surface area contributed by atoms with E-state index in [4.69, 9.17) is 4.42 Å². The van der Waals surface area contributed by atoms with E-state index in [0.29, 0.717) is 23.1 Å². The molecule has 1 radical (unpaired) electrons. The topological polar surface area (TPSA) is 101 Å². The monoisotopic (exact) mass is 429 g/mol. The highest BCUT2D eigenvalue weighted by atomic mass is 32.2. The highest BCUT2D eigenvalue weighted by Crippen LogP contribution is 2.25. The summed E-state index contributed by atoms with van der Waals surface area (Å²) in [4.78, 5) is 18.4. The largest absolute Gasteiger partial charge is 0.436 e. The van der Waals surface area contributed by atoms with Gasteiger partial charge in [0.05, 0.1) is 5.75 Å². The van der Waals surface area contributed by atoms with Crippen molar-refractivity contribution in [1.82, 2.24) is 9.88 Å². The van der Waals surface area contributed by atoms with Crippen LogP contribution in [0, 0.1) is 6.92 Å². The highest BCUT2D eigenvalue weighted by molar-refractivity contribution is 7.92. The van der Waals surface area contributed by atoms with E-state index in [1.165, 1.54) is 0 Å². The molecule has 0 aliphatic rings. The number of amides is 1. The Kier molecular flexibility index (Phi) is 6.89. The molecule has 159 valence electrons. The first-order valence-electron chi connectivity index (χ1n) is 9.76. The third-order valence-electron chi connectivity index (χ3n) is 4.78. The molecule has 0 saturated heterocycles. The summed E-state index contributed by atoms with van der Waals surface area (Å²) in [5.74, 6) is -1.16. The van der Waals surface area contributed by atoms with E-state index >= 15 is 0 Å². The van der Waals surface area contributed by atoms with Gasteiger partial charge in [-0.1, -0.05) is 55.8 Å². The molecule has 0 spiro atoms. The van der Waals surface area contributed by atoms with E-state index in [1.54, 1.807) is 54.6 Å². The number of unbranched alkanes of at least 4 members (excludes halogenated alkanes) is 1. The molecular weight excluding hydrogens is 404 g/mol. The average molecular weight is 430 g/mol. The molecule has 1 N–H and O–H groups in total. The number of hydrogen-bond donors (Lipinski definition) is 1. The Morgan fingerprint density at radius 2 is 1.83 bits per heavy atom. The van der Waals surface area contributed by atoms with Crippen molar-refractivity contribution in [2.24, 2.45) is 0 Å². The number of fused-ring (bicyclic) bond motifs is 1. The maximum atomic E-state index is 13.1. The van der Waals surface area contributed by atoms with Crippen LogP contribution in [0.2, 0.25) is 0 Å². The molecule has 3 aromatic rings. The Balaban J connectivity index is 1.85.